The van der Waals surface area contributed by atoms with Crippen LogP contribution in [0.3, 0.4) is 0 Å². The molecule has 0 unspecified atom stereocenters. The van der Waals surface area contributed by atoms with Crippen molar-refractivity contribution < 1.29 is 31.8 Å². The minimum atomic E-state index is -4.51. The molecule has 0 aliphatic carbocycles. The molecule has 0 aromatic heterocycles. The Morgan fingerprint density at radius 3 is 2.39 bits per heavy atom. The Hall–Kier alpha value is -4.00. The van der Waals surface area contributed by atoms with Gasteiger partial charge in [0.1, 0.15) is 11.9 Å². The zero-order chi connectivity index (χ0) is 28.0. The Bertz CT molecular complexity index is 1330. The van der Waals surface area contributed by atoms with E-state index in [-0.39, 0.29) is 5.84 Å². The average molecular weight is 550 g/mol. The van der Waals surface area contributed by atoms with Crippen LogP contribution in [0.25, 0.3) is 6.08 Å². The summed E-state index contributed by atoms with van der Waals surface area (Å²) in [5, 5.41) is 24.3. The number of nitrogens with zero attached hydrogens (tertiary/aromatic N) is 2. The maximum Gasteiger partial charge on any atom is 0.320 e. The first-order valence-electron chi connectivity index (χ1n) is 11.7. The highest BCUT2D eigenvalue weighted by Crippen LogP contribution is 2.31. The molecule has 5 N–H and O–H groups in total. The van der Waals surface area contributed by atoms with E-state index in [4.69, 9.17) is 26.4 Å². The van der Waals surface area contributed by atoms with Gasteiger partial charge < -0.3 is 20.5 Å². The minimum Gasteiger partial charge on any atom is -0.484 e. The number of nitrogen functional groups attached to an aromatic ring is 1. The van der Waals surface area contributed by atoms with Crippen molar-refractivity contribution in [3.8, 4) is 5.75 Å². The topological polar surface area (TPSA) is 161 Å². The molecule has 2 aromatic rings. The molecule has 0 radical (unpaired) electrons. The second kappa shape index (κ2) is 12.0. The van der Waals surface area contributed by atoms with E-state index in [2.05, 4.69) is 0 Å². The number of halogens is 2. The van der Waals surface area contributed by atoms with Crippen molar-refractivity contribution in [2.45, 2.75) is 25.9 Å². The highest BCUT2D eigenvalue weighted by molar-refractivity contribution is 7.93. The lowest BCUT2D eigenvalue weighted by molar-refractivity contribution is -0.134. The second-order valence-corrected chi connectivity index (χ2v) is 10.6. The summed E-state index contributed by atoms with van der Waals surface area (Å²) in [5.74, 6) is -5.57. The average Bonchev–Trinajstić information content (AvgIpc) is 2.83. The van der Waals surface area contributed by atoms with Crippen molar-refractivity contribution in [2.75, 3.05) is 29.7 Å². The Balaban J connectivity index is 1.86. The van der Waals surface area contributed by atoms with Crippen LogP contribution in [-0.4, -0.2) is 67.6 Å². The number of anilines is 1. The maximum absolute atomic E-state index is 15.0. The first kappa shape index (κ1) is 28.6. The summed E-state index contributed by atoms with van der Waals surface area (Å²) >= 11 is 0. The molecule has 1 aliphatic heterocycles. The van der Waals surface area contributed by atoms with Gasteiger partial charge in [-0.15, -0.1) is 0 Å². The van der Waals surface area contributed by atoms with E-state index in [9.17, 15) is 22.0 Å². The van der Waals surface area contributed by atoms with Crippen LogP contribution < -0.4 is 14.8 Å². The third-order valence-corrected chi connectivity index (χ3v) is 7.54. The molecule has 1 fully saturated rings. The van der Waals surface area contributed by atoms with Gasteiger partial charge in [-0.05, 0) is 18.6 Å². The third-order valence-electron chi connectivity index (χ3n) is 5.89. The number of carbonyl (C=O) groups is 1. The fourth-order valence-corrected chi connectivity index (χ4v) is 5.19. The molecule has 1 saturated heterocycles. The highest BCUT2D eigenvalue weighted by atomic mass is 32.2. The van der Waals surface area contributed by atoms with Gasteiger partial charge in [-0.2, -0.15) is 0 Å². The van der Waals surface area contributed by atoms with Gasteiger partial charge in [-0.1, -0.05) is 30.4 Å². The number of hydrogen-bond donors (Lipinski definition) is 4. The maximum atomic E-state index is 15.0. The van der Waals surface area contributed by atoms with Crippen molar-refractivity contribution in [2.24, 2.45) is 5.73 Å². The van der Waals surface area contributed by atoms with E-state index >= 15 is 0 Å². The number of sulfonamides is 1. The molecule has 0 amide bonds. The van der Waals surface area contributed by atoms with Crippen LogP contribution in [0.2, 0.25) is 0 Å². The molecule has 0 spiro atoms. The van der Waals surface area contributed by atoms with E-state index in [0.29, 0.717) is 47.2 Å². The summed E-state index contributed by atoms with van der Waals surface area (Å²) in [6.07, 6.45) is 3.32. The first-order chi connectivity index (χ1) is 17.9. The molecule has 10 nitrogen and oxygen atoms in total. The Kier molecular flexibility index (Phi) is 9.04. The predicted octanol–water partition coefficient (Wildman–Crippen LogP) is 3.02. The molecular weight excluding hydrogens is 520 g/mol. The van der Waals surface area contributed by atoms with Crippen LogP contribution in [0.4, 0.5) is 14.5 Å². The molecule has 0 atom stereocenters. The zero-order valence-electron chi connectivity index (χ0n) is 20.7. The van der Waals surface area contributed by atoms with E-state index in [1.807, 2.05) is 4.90 Å². The number of aliphatic carboxylic acids is 1. The molecule has 0 bridgehead atoms. The van der Waals surface area contributed by atoms with Crippen LogP contribution in [0, 0.1) is 22.5 Å². The monoisotopic (exact) mass is 549 g/mol. The van der Waals surface area contributed by atoms with Crippen LogP contribution in [0.5, 0.6) is 5.75 Å². The van der Waals surface area contributed by atoms with Crippen molar-refractivity contribution in [3.63, 3.8) is 0 Å². The number of ether oxygens (including phenoxy) is 1. The second-order valence-electron chi connectivity index (χ2n) is 8.75. The van der Waals surface area contributed by atoms with Gasteiger partial charge in [0.2, 0.25) is 10.0 Å². The summed E-state index contributed by atoms with van der Waals surface area (Å²) in [7, 11) is -4.51. The molecule has 1 aliphatic rings. The molecule has 204 valence electrons. The fraction of sp³-hybridized carbons (Fsp3) is 0.320. The quantitative estimate of drug-likeness (QED) is 0.262. The number of carboxylic acids is 1. The molecule has 13 heteroatoms. The van der Waals surface area contributed by atoms with E-state index in [1.165, 1.54) is 12.2 Å². The number of hydrogen-bond acceptors (Lipinski definition) is 6. The molecule has 2 aromatic carbocycles. The van der Waals surface area contributed by atoms with Crippen LogP contribution >= 0.6 is 0 Å². The Labute approximate surface area is 219 Å². The van der Waals surface area contributed by atoms with E-state index in [1.54, 1.807) is 31.2 Å². The number of benzene rings is 2. The number of rotatable bonds is 10. The summed E-state index contributed by atoms with van der Waals surface area (Å²) in [5.41, 5.74) is 6.11. The van der Waals surface area contributed by atoms with E-state index in [0.717, 1.165) is 12.1 Å². The lowest BCUT2D eigenvalue weighted by Gasteiger charge is -2.33. The fourth-order valence-electron chi connectivity index (χ4n) is 3.99. The third kappa shape index (κ3) is 7.28. The number of amidine groups is 2. The standard InChI is InChI=1S/C25H29F2N5O5S/c1-16(28)31-10-7-20(8-11-31)37-24-21(26)13-19(14-22(24)27)32(38(35,36)15-23(33)34)9-3-5-17-4-2-6-18(12-17)25(29)30/h2-6,12-14,20,28H,7-11,15H2,1H3,(H3,29,30)(H,33,34). The van der Waals surface area contributed by atoms with Gasteiger partial charge in [0, 0.05) is 43.6 Å². The normalized spacial score (nSPS) is 14.4. The number of nitrogens with one attached hydrogen (secondary N) is 2. The van der Waals surface area contributed by atoms with E-state index < -0.39 is 57.5 Å². The smallest absolute Gasteiger partial charge is 0.320 e. The van der Waals surface area contributed by atoms with Crippen LogP contribution in [-0.2, 0) is 14.8 Å². The number of likely N-dealkylation sites (tertiary alicyclic amines) is 1. The van der Waals surface area contributed by atoms with Gasteiger partial charge in [-0.25, -0.2) is 17.2 Å². The minimum absolute atomic E-state index is 0.158. The largest absolute Gasteiger partial charge is 0.484 e. The summed E-state index contributed by atoms with van der Waals surface area (Å²) in [6.45, 7) is 2.25. The van der Waals surface area contributed by atoms with Crippen molar-refractivity contribution in [3.05, 3.63) is 65.2 Å². The summed E-state index contributed by atoms with van der Waals surface area (Å²) in [6, 6.07) is 8.12. The van der Waals surface area contributed by atoms with Crippen molar-refractivity contribution in [1.29, 1.82) is 10.8 Å². The zero-order valence-corrected chi connectivity index (χ0v) is 21.5. The van der Waals surface area contributed by atoms with Crippen LogP contribution in [0.15, 0.2) is 42.5 Å². The molecular formula is C25H29F2N5O5S. The van der Waals surface area contributed by atoms with Gasteiger partial charge in [0.25, 0.3) is 0 Å². The van der Waals surface area contributed by atoms with Crippen LogP contribution in [0.1, 0.15) is 30.9 Å². The van der Waals surface area contributed by atoms with Gasteiger partial charge in [0.15, 0.2) is 23.1 Å². The number of nitrogens with two attached hydrogens (primary N) is 1. The summed E-state index contributed by atoms with van der Waals surface area (Å²) < 4.78 is 61.7. The molecule has 38 heavy (non-hydrogen) atoms. The van der Waals surface area contributed by atoms with Gasteiger partial charge in [0.05, 0.1) is 18.1 Å². The highest BCUT2D eigenvalue weighted by Gasteiger charge is 2.28. The summed E-state index contributed by atoms with van der Waals surface area (Å²) in [4.78, 5) is 13.0. The first-order valence-corrected chi connectivity index (χ1v) is 13.3. The Morgan fingerprint density at radius 2 is 1.84 bits per heavy atom. The molecule has 3 rings (SSSR count). The van der Waals surface area contributed by atoms with Crippen molar-refractivity contribution in [1.82, 2.24) is 4.90 Å². The predicted molar refractivity (Wildman–Crippen MR) is 140 cm³/mol. The molecule has 1 heterocycles. The van der Waals surface area contributed by atoms with Gasteiger partial charge in [-0.3, -0.25) is 19.9 Å². The number of piperidine rings is 1. The van der Waals surface area contributed by atoms with Gasteiger partial charge >= 0.3 is 5.97 Å². The SMILES string of the molecule is CC(=N)N1CCC(Oc2c(F)cc(N(CC=Cc3cccc(C(=N)N)c3)S(=O)(=O)CC(=O)O)cc2F)CC1. The molecule has 0 saturated carbocycles. The lowest BCUT2D eigenvalue weighted by atomic mass is 10.1. The lowest BCUT2D eigenvalue weighted by Crippen LogP contribution is -2.40. The Morgan fingerprint density at radius 1 is 1.21 bits per heavy atom. The van der Waals surface area contributed by atoms with Crippen molar-refractivity contribution >= 4 is 39.4 Å². The number of carboxylic acid groups (broad SMARTS) is 1.